The van der Waals surface area contributed by atoms with Gasteiger partial charge in [-0.1, -0.05) is 12.1 Å². The Morgan fingerprint density at radius 1 is 0.871 bits per heavy atom. The minimum atomic E-state index is -4.79. The van der Waals surface area contributed by atoms with Crippen molar-refractivity contribution in [3.63, 3.8) is 0 Å². The number of urea groups is 1. The van der Waals surface area contributed by atoms with Crippen molar-refractivity contribution in [1.29, 1.82) is 0 Å². The normalized spacial score (nSPS) is 12.3. The Morgan fingerprint density at radius 2 is 1.52 bits per heavy atom. The Balaban J connectivity index is 2.25. The minimum absolute atomic E-state index is 0.0393. The van der Waals surface area contributed by atoms with Gasteiger partial charge < -0.3 is 16.8 Å². The van der Waals surface area contributed by atoms with Gasteiger partial charge in [-0.3, -0.25) is 9.11 Å². The number of nitrogens with zero attached hydrogens (tertiary/aromatic N) is 2. The smallest absolute Gasteiger partial charge is 0.316 e. The Hall–Kier alpha value is -3.59. The Morgan fingerprint density at radius 3 is 2.13 bits per heavy atom. The molecular formula is C17H15N5O7S2. The van der Waals surface area contributed by atoms with E-state index in [0.717, 1.165) is 18.2 Å². The highest BCUT2D eigenvalue weighted by Crippen LogP contribution is 2.35. The predicted molar refractivity (Wildman–Crippen MR) is 112 cm³/mol. The van der Waals surface area contributed by atoms with Gasteiger partial charge in [0.25, 0.3) is 20.2 Å². The lowest BCUT2D eigenvalue weighted by Gasteiger charge is -2.09. The predicted octanol–water partition coefficient (Wildman–Crippen LogP) is 2.82. The molecule has 3 rings (SSSR count). The van der Waals surface area contributed by atoms with Crippen LogP contribution in [0, 0.1) is 0 Å². The number of benzene rings is 3. The van der Waals surface area contributed by atoms with E-state index >= 15 is 0 Å². The third-order valence-corrected chi connectivity index (χ3v) is 5.81. The van der Waals surface area contributed by atoms with Crippen LogP contribution < -0.4 is 16.8 Å². The number of anilines is 2. The van der Waals surface area contributed by atoms with Crippen molar-refractivity contribution in [2.75, 3.05) is 11.1 Å². The Labute approximate surface area is 176 Å². The van der Waals surface area contributed by atoms with E-state index in [1.54, 1.807) is 0 Å². The summed E-state index contributed by atoms with van der Waals surface area (Å²) in [6.07, 6.45) is 0. The van der Waals surface area contributed by atoms with E-state index in [0.29, 0.717) is 0 Å². The van der Waals surface area contributed by atoms with Crippen molar-refractivity contribution >= 4 is 59.8 Å². The van der Waals surface area contributed by atoms with Gasteiger partial charge in [0.15, 0.2) is 0 Å². The zero-order valence-corrected chi connectivity index (χ0v) is 17.1. The lowest BCUT2D eigenvalue weighted by molar-refractivity contribution is 0.259. The summed E-state index contributed by atoms with van der Waals surface area (Å²) in [6, 6.07) is 9.01. The highest BCUT2D eigenvalue weighted by molar-refractivity contribution is 7.86. The zero-order chi connectivity index (χ0) is 23.0. The molecule has 7 N–H and O–H groups in total. The highest BCUT2D eigenvalue weighted by atomic mass is 32.2. The number of carbonyl (C=O) groups is 1. The highest BCUT2D eigenvalue weighted by Gasteiger charge is 2.21. The second-order valence-corrected chi connectivity index (χ2v) is 8.99. The average Bonchev–Trinajstić information content (AvgIpc) is 2.64. The van der Waals surface area contributed by atoms with Crippen LogP contribution in [-0.2, 0) is 20.2 Å². The molecule has 0 atom stereocenters. The molecule has 0 aliphatic rings. The minimum Gasteiger partial charge on any atom is -0.399 e. The molecule has 162 valence electrons. The summed E-state index contributed by atoms with van der Waals surface area (Å²) in [5.41, 5.74) is 10.7. The molecule has 2 amide bonds. The zero-order valence-electron chi connectivity index (χ0n) is 15.4. The van der Waals surface area contributed by atoms with Gasteiger partial charge in [0, 0.05) is 11.1 Å². The molecule has 0 unspecified atom stereocenters. The molecule has 14 heteroatoms. The third kappa shape index (κ3) is 4.95. The van der Waals surface area contributed by atoms with Crippen molar-refractivity contribution in [2.45, 2.75) is 9.79 Å². The number of azo groups is 1. The van der Waals surface area contributed by atoms with Crippen molar-refractivity contribution in [3.8, 4) is 0 Å². The lowest BCUT2D eigenvalue weighted by Crippen LogP contribution is -2.19. The van der Waals surface area contributed by atoms with Gasteiger partial charge in [0.05, 0.1) is 5.69 Å². The van der Waals surface area contributed by atoms with Gasteiger partial charge in [0.1, 0.15) is 21.2 Å². The fourth-order valence-electron chi connectivity index (χ4n) is 2.76. The van der Waals surface area contributed by atoms with Crippen molar-refractivity contribution in [1.82, 2.24) is 0 Å². The van der Waals surface area contributed by atoms with E-state index in [9.17, 15) is 30.7 Å². The standard InChI is InChI=1S/C17H15N5O7S2/c18-10-4-5-12(13(7-10)20-17(19)23)21-22-14-8-11-9(6-16(14)31(27,28)29)2-1-3-15(11)30(24,25)26/h1-8H,18H2,(H3,19,20,23)(H,24,25,26)(H,27,28,29)/b22-21+. The van der Waals surface area contributed by atoms with E-state index in [2.05, 4.69) is 15.5 Å². The first-order valence-corrected chi connectivity index (χ1v) is 11.1. The number of hydrogen-bond acceptors (Lipinski definition) is 8. The number of nitrogen functional groups attached to an aromatic ring is 1. The van der Waals surface area contributed by atoms with Gasteiger partial charge in [0.2, 0.25) is 0 Å². The molecule has 0 radical (unpaired) electrons. The molecule has 0 heterocycles. The number of carbonyl (C=O) groups excluding carboxylic acids is 1. The molecule has 12 nitrogen and oxygen atoms in total. The van der Waals surface area contributed by atoms with Crippen molar-refractivity contribution < 1.29 is 30.7 Å². The molecule has 31 heavy (non-hydrogen) atoms. The van der Waals surface area contributed by atoms with Crippen LogP contribution in [0.3, 0.4) is 0 Å². The number of amides is 2. The van der Waals surface area contributed by atoms with Crippen LogP contribution >= 0.6 is 0 Å². The van der Waals surface area contributed by atoms with E-state index in [-0.39, 0.29) is 27.8 Å². The molecule has 3 aromatic carbocycles. The molecule has 0 spiro atoms. The lowest BCUT2D eigenvalue weighted by atomic mass is 10.1. The SMILES string of the molecule is NC(=O)Nc1cc(N)ccc1/N=N/c1cc2c(S(=O)(=O)O)cccc2cc1S(=O)(=O)O. The van der Waals surface area contributed by atoms with Gasteiger partial charge >= 0.3 is 6.03 Å². The van der Waals surface area contributed by atoms with E-state index in [1.165, 1.54) is 30.3 Å². The quantitative estimate of drug-likeness (QED) is 0.214. The van der Waals surface area contributed by atoms with E-state index in [1.807, 2.05) is 0 Å². The Bertz CT molecular complexity index is 1450. The van der Waals surface area contributed by atoms with Crippen LogP contribution in [0.4, 0.5) is 27.5 Å². The number of nitrogens with two attached hydrogens (primary N) is 2. The summed E-state index contributed by atoms with van der Waals surface area (Å²) < 4.78 is 66.1. The summed E-state index contributed by atoms with van der Waals surface area (Å²) >= 11 is 0. The Kier molecular flexibility index (Phi) is 5.64. The number of hydrogen-bond donors (Lipinski definition) is 5. The van der Waals surface area contributed by atoms with Crippen LogP contribution in [0.2, 0.25) is 0 Å². The van der Waals surface area contributed by atoms with Crippen LogP contribution in [0.1, 0.15) is 0 Å². The maximum atomic E-state index is 11.8. The molecule has 0 bridgehead atoms. The molecule has 0 saturated carbocycles. The van der Waals surface area contributed by atoms with Crippen LogP contribution in [-0.4, -0.2) is 32.0 Å². The van der Waals surface area contributed by atoms with Crippen molar-refractivity contribution in [2.24, 2.45) is 16.0 Å². The second kappa shape index (κ2) is 7.92. The van der Waals surface area contributed by atoms with Crippen LogP contribution in [0.5, 0.6) is 0 Å². The summed E-state index contributed by atoms with van der Waals surface area (Å²) in [5, 5.41) is 9.97. The molecule has 0 saturated heterocycles. The van der Waals surface area contributed by atoms with Gasteiger partial charge in [-0.05, 0) is 41.8 Å². The van der Waals surface area contributed by atoms with E-state index in [4.69, 9.17) is 11.5 Å². The monoisotopic (exact) mass is 465 g/mol. The number of primary amides is 1. The fraction of sp³-hybridized carbons (Fsp3) is 0. The first-order valence-electron chi connectivity index (χ1n) is 8.26. The maximum absolute atomic E-state index is 11.8. The maximum Gasteiger partial charge on any atom is 0.316 e. The molecule has 0 aliphatic heterocycles. The third-order valence-electron chi connectivity index (χ3n) is 4.02. The molecule has 0 fully saturated rings. The van der Waals surface area contributed by atoms with Gasteiger partial charge in [-0.2, -0.15) is 16.8 Å². The fourth-order valence-corrected chi connectivity index (χ4v) is 4.10. The largest absolute Gasteiger partial charge is 0.399 e. The molecule has 3 aromatic rings. The topological polar surface area (TPSA) is 215 Å². The van der Waals surface area contributed by atoms with Crippen LogP contribution in [0.15, 0.2) is 68.6 Å². The van der Waals surface area contributed by atoms with E-state index < -0.39 is 41.7 Å². The molecule has 0 aliphatic carbocycles. The number of nitrogens with one attached hydrogen (secondary N) is 1. The van der Waals surface area contributed by atoms with Crippen LogP contribution in [0.25, 0.3) is 10.8 Å². The first-order chi connectivity index (χ1) is 14.4. The molecule has 0 aromatic heterocycles. The summed E-state index contributed by atoms with van der Waals surface area (Å²) in [7, 11) is -9.43. The number of fused-ring (bicyclic) bond motifs is 1. The second-order valence-electron chi connectivity index (χ2n) is 6.21. The van der Waals surface area contributed by atoms with Crippen molar-refractivity contribution in [3.05, 3.63) is 48.5 Å². The number of rotatable bonds is 5. The first kappa shape index (κ1) is 22.1. The summed E-state index contributed by atoms with van der Waals surface area (Å²) in [5.74, 6) is 0. The van der Waals surface area contributed by atoms with Gasteiger partial charge in [-0.15, -0.1) is 10.2 Å². The van der Waals surface area contributed by atoms with Gasteiger partial charge in [-0.25, -0.2) is 4.79 Å². The summed E-state index contributed by atoms with van der Waals surface area (Å²) in [6.45, 7) is 0. The average molecular weight is 465 g/mol. The summed E-state index contributed by atoms with van der Waals surface area (Å²) in [4.78, 5) is 10.0. The molecular weight excluding hydrogens is 450 g/mol.